The van der Waals surface area contributed by atoms with Gasteiger partial charge in [0.2, 0.25) is 11.8 Å². The van der Waals surface area contributed by atoms with Crippen molar-refractivity contribution in [1.29, 1.82) is 0 Å². The van der Waals surface area contributed by atoms with Gasteiger partial charge in [-0.25, -0.2) is 0 Å². The van der Waals surface area contributed by atoms with Crippen LogP contribution >= 0.6 is 0 Å². The molecule has 124 valence electrons. The van der Waals surface area contributed by atoms with E-state index < -0.39 is 23.6 Å². The fourth-order valence-electron chi connectivity index (χ4n) is 1.45. The average Bonchev–Trinajstić information content (AvgIpc) is 2.51. The number of nitrogens with one attached hydrogen (secondary N) is 4. The van der Waals surface area contributed by atoms with E-state index in [1.807, 2.05) is 0 Å². The maximum absolute atomic E-state index is 11.4. The highest BCUT2D eigenvalue weighted by Crippen LogP contribution is 1.79. The van der Waals surface area contributed by atoms with E-state index >= 15 is 0 Å². The third-order valence-corrected chi connectivity index (χ3v) is 2.53. The first kappa shape index (κ1) is 17.9. The molecule has 0 aromatic heterocycles. The molecule has 1 fully saturated rings. The van der Waals surface area contributed by atoms with Crippen molar-refractivity contribution in [2.75, 3.05) is 52.6 Å². The molecule has 1 heterocycles. The molecule has 1 saturated heterocycles. The maximum Gasteiger partial charge on any atom is 0.309 e. The molecule has 4 amide bonds. The van der Waals surface area contributed by atoms with E-state index in [0.717, 1.165) is 0 Å². The average molecular weight is 316 g/mol. The molecule has 0 radical (unpaired) electrons. The van der Waals surface area contributed by atoms with Gasteiger partial charge in [0.05, 0.1) is 39.5 Å². The summed E-state index contributed by atoms with van der Waals surface area (Å²) >= 11 is 0. The summed E-state index contributed by atoms with van der Waals surface area (Å²) in [5.74, 6) is -2.85. The van der Waals surface area contributed by atoms with Crippen molar-refractivity contribution in [2.45, 2.75) is 0 Å². The summed E-state index contributed by atoms with van der Waals surface area (Å²) in [6.07, 6.45) is 0. The maximum atomic E-state index is 11.4. The number of hydrogen-bond acceptors (Lipinski definition) is 6. The van der Waals surface area contributed by atoms with E-state index in [9.17, 15) is 19.2 Å². The summed E-state index contributed by atoms with van der Waals surface area (Å²) in [4.78, 5) is 45.5. The molecule has 0 unspecified atom stereocenters. The van der Waals surface area contributed by atoms with Crippen LogP contribution in [0.1, 0.15) is 0 Å². The number of rotatable bonds is 0. The van der Waals surface area contributed by atoms with Gasteiger partial charge in [-0.3, -0.25) is 19.2 Å². The molecule has 1 aliphatic rings. The fourth-order valence-corrected chi connectivity index (χ4v) is 1.45. The summed E-state index contributed by atoms with van der Waals surface area (Å²) < 4.78 is 10.4. The van der Waals surface area contributed by atoms with Crippen LogP contribution in [0.2, 0.25) is 0 Å². The number of hydrogen-bond donors (Lipinski definition) is 4. The van der Waals surface area contributed by atoms with Crippen LogP contribution in [0.3, 0.4) is 0 Å². The van der Waals surface area contributed by atoms with Crippen LogP contribution in [0.15, 0.2) is 0 Å². The van der Waals surface area contributed by atoms with Crippen LogP contribution in [0.4, 0.5) is 0 Å². The molecule has 22 heavy (non-hydrogen) atoms. The van der Waals surface area contributed by atoms with Crippen LogP contribution in [-0.2, 0) is 28.7 Å². The van der Waals surface area contributed by atoms with Gasteiger partial charge in [-0.05, 0) is 0 Å². The van der Waals surface area contributed by atoms with Crippen LogP contribution in [0.5, 0.6) is 0 Å². The zero-order valence-corrected chi connectivity index (χ0v) is 12.1. The summed E-state index contributed by atoms with van der Waals surface area (Å²) in [6.45, 7) is 1.27. The number of amides is 4. The smallest absolute Gasteiger partial charge is 0.309 e. The standard InChI is InChI=1S/C12H20N4O6/c17-9-7-15-11(19)12(20)16-8-10(18)14-2-4-22-6-5-21-3-1-13-9/h1-8H2,(H,13,17)(H,14,18)(H,15,19)(H,16,20). The summed E-state index contributed by atoms with van der Waals surface area (Å²) in [6, 6.07) is 0. The summed E-state index contributed by atoms with van der Waals surface area (Å²) in [5.41, 5.74) is 0. The van der Waals surface area contributed by atoms with Crippen LogP contribution in [-0.4, -0.2) is 76.2 Å². The second-order valence-electron chi connectivity index (χ2n) is 4.29. The summed E-state index contributed by atoms with van der Waals surface area (Å²) in [7, 11) is 0. The molecule has 0 bridgehead atoms. The van der Waals surface area contributed by atoms with Crippen LogP contribution in [0.25, 0.3) is 0 Å². The van der Waals surface area contributed by atoms with Crippen molar-refractivity contribution < 1.29 is 28.7 Å². The molecule has 0 saturated carbocycles. The van der Waals surface area contributed by atoms with Gasteiger partial charge >= 0.3 is 11.8 Å². The van der Waals surface area contributed by atoms with Crippen molar-refractivity contribution >= 4 is 23.6 Å². The zero-order valence-electron chi connectivity index (χ0n) is 12.1. The van der Waals surface area contributed by atoms with E-state index in [0.29, 0.717) is 26.4 Å². The Kier molecular flexibility index (Phi) is 8.53. The molecular formula is C12H20N4O6. The molecule has 10 heteroatoms. The van der Waals surface area contributed by atoms with E-state index in [2.05, 4.69) is 21.3 Å². The number of carbonyl (C=O) groups excluding carboxylic acids is 4. The Morgan fingerprint density at radius 3 is 1.41 bits per heavy atom. The topological polar surface area (TPSA) is 135 Å². The molecule has 4 N–H and O–H groups in total. The third kappa shape index (κ3) is 8.17. The highest BCUT2D eigenvalue weighted by Gasteiger charge is 2.15. The van der Waals surface area contributed by atoms with Crippen LogP contribution in [0, 0.1) is 0 Å². The molecular weight excluding hydrogens is 296 g/mol. The molecule has 1 aliphatic heterocycles. The second kappa shape index (κ2) is 10.5. The lowest BCUT2D eigenvalue weighted by atomic mass is 10.4. The van der Waals surface area contributed by atoms with E-state index in [-0.39, 0.29) is 26.2 Å². The Balaban J connectivity index is 2.41. The quantitative estimate of drug-likeness (QED) is 0.343. The first-order chi connectivity index (χ1) is 10.6. The van der Waals surface area contributed by atoms with Gasteiger partial charge in [0.1, 0.15) is 0 Å². The van der Waals surface area contributed by atoms with Crippen molar-refractivity contribution in [1.82, 2.24) is 21.3 Å². The Labute approximate surface area is 127 Å². The van der Waals surface area contributed by atoms with E-state index in [1.165, 1.54) is 0 Å². The number of carbonyl (C=O) groups is 4. The van der Waals surface area contributed by atoms with Gasteiger partial charge in [-0.15, -0.1) is 0 Å². The summed E-state index contributed by atoms with van der Waals surface area (Å²) in [5, 5.41) is 9.32. The normalized spacial score (nSPS) is 20.7. The highest BCUT2D eigenvalue weighted by atomic mass is 16.5. The predicted octanol–water partition coefficient (Wildman–Crippen LogP) is -3.50. The van der Waals surface area contributed by atoms with Gasteiger partial charge in [-0.2, -0.15) is 0 Å². The fraction of sp³-hybridized carbons (Fsp3) is 0.667. The molecule has 0 spiro atoms. The molecule has 0 aliphatic carbocycles. The predicted molar refractivity (Wildman–Crippen MR) is 73.7 cm³/mol. The lowest BCUT2D eigenvalue weighted by Gasteiger charge is -2.10. The highest BCUT2D eigenvalue weighted by molar-refractivity contribution is 6.35. The Morgan fingerprint density at radius 1 is 0.591 bits per heavy atom. The van der Waals surface area contributed by atoms with Gasteiger partial charge in [0.25, 0.3) is 0 Å². The minimum Gasteiger partial charge on any atom is -0.377 e. The molecule has 10 nitrogen and oxygen atoms in total. The molecule has 1 rings (SSSR count). The zero-order chi connectivity index (χ0) is 16.2. The Bertz CT molecular complexity index is 376. The minimum absolute atomic E-state index is 0.289. The van der Waals surface area contributed by atoms with E-state index in [1.54, 1.807) is 0 Å². The van der Waals surface area contributed by atoms with Gasteiger partial charge in [-0.1, -0.05) is 0 Å². The van der Waals surface area contributed by atoms with Gasteiger partial charge in [0, 0.05) is 13.1 Å². The largest absolute Gasteiger partial charge is 0.377 e. The Hall–Kier alpha value is -2.20. The molecule has 0 atom stereocenters. The SMILES string of the molecule is O=C1CNC(=O)C(=O)NCC(=O)NCCOCCOCCN1. The number of ether oxygens (including phenoxy) is 2. The van der Waals surface area contributed by atoms with Crippen molar-refractivity contribution in [2.24, 2.45) is 0 Å². The first-order valence-electron chi connectivity index (χ1n) is 6.84. The van der Waals surface area contributed by atoms with E-state index in [4.69, 9.17) is 9.47 Å². The molecule has 0 aromatic carbocycles. The third-order valence-electron chi connectivity index (χ3n) is 2.53. The van der Waals surface area contributed by atoms with Crippen LogP contribution < -0.4 is 21.3 Å². The lowest BCUT2D eigenvalue weighted by Crippen LogP contribution is -2.47. The molecule has 0 aromatic rings. The van der Waals surface area contributed by atoms with Gasteiger partial charge in [0.15, 0.2) is 0 Å². The monoisotopic (exact) mass is 316 g/mol. The van der Waals surface area contributed by atoms with Gasteiger partial charge < -0.3 is 30.7 Å². The first-order valence-corrected chi connectivity index (χ1v) is 6.84. The minimum atomic E-state index is -0.983. The van der Waals surface area contributed by atoms with Crippen molar-refractivity contribution in [3.8, 4) is 0 Å². The lowest BCUT2D eigenvalue weighted by molar-refractivity contribution is -0.140. The second-order valence-corrected chi connectivity index (χ2v) is 4.29. The van der Waals surface area contributed by atoms with Crippen molar-refractivity contribution in [3.05, 3.63) is 0 Å². The van der Waals surface area contributed by atoms with Crippen molar-refractivity contribution in [3.63, 3.8) is 0 Å². The Morgan fingerprint density at radius 2 is 1.00 bits per heavy atom.